The standard InChI is InChI=1S/C12H21N3O/c1-4-12(2,7-8-13)15-11-6-5-10(16-3)9-14-11/h5-6,9H,4,7-8,13H2,1-3H3,(H,14,15). The number of pyridine rings is 1. The number of aromatic nitrogens is 1. The zero-order valence-corrected chi connectivity index (χ0v) is 10.3. The van der Waals surface area contributed by atoms with Crippen LogP contribution >= 0.6 is 0 Å². The van der Waals surface area contributed by atoms with Gasteiger partial charge in [0, 0.05) is 5.54 Å². The van der Waals surface area contributed by atoms with Crippen molar-refractivity contribution in [1.29, 1.82) is 0 Å². The maximum atomic E-state index is 5.61. The molecule has 0 fully saturated rings. The molecule has 0 amide bonds. The molecule has 3 N–H and O–H groups in total. The maximum Gasteiger partial charge on any atom is 0.137 e. The Kier molecular flexibility index (Phi) is 4.55. The van der Waals surface area contributed by atoms with Gasteiger partial charge in [0.15, 0.2) is 0 Å². The van der Waals surface area contributed by atoms with Crippen LogP contribution < -0.4 is 15.8 Å². The molecular weight excluding hydrogens is 202 g/mol. The summed E-state index contributed by atoms with van der Waals surface area (Å²) in [5.41, 5.74) is 5.62. The lowest BCUT2D eigenvalue weighted by atomic mass is 9.94. The van der Waals surface area contributed by atoms with E-state index >= 15 is 0 Å². The number of nitrogens with zero attached hydrogens (tertiary/aromatic N) is 1. The predicted molar refractivity (Wildman–Crippen MR) is 66.8 cm³/mol. The van der Waals surface area contributed by atoms with Gasteiger partial charge in [-0.15, -0.1) is 0 Å². The van der Waals surface area contributed by atoms with Crippen LogP contribution in [-0.4, -0.2) is 24.2 Å². The molecule has 0 aromatic carbocycles. The van der Waals surface area contributed by atoms with Gasteiger partial charge in [-0.25, -0.2) is 4.98 Å². The second-order valence-corrected chi connectivity index (χ2v) is 4.16. The van der Waals surface area contributed by atoms with E-state index in [9.17, 15) is 0 Å². The quantitative estimate of drug-likeness (QED) is 0.774. The van der Waals surface area contributed by atoms with Gasteiger partial charge < -0.3 is 15.8 Å². The fourth-order valence-electron chi connectivity index (χ4n) is 1.53. The molecule has 0 spiro atoms. The minimum absolute atomic E-state index is 0.0103. The van der Waals surface area contributed by atoms with E-state index < -0.39 is 0 Å². The van der Waals surface area contributed by atoms with Crippen molar-refractivity contribution in [2.45, 2.75) is 32.2 Å². The predicted octanol–water partition coefficient (Wildman–Crippen LogP) is 2.02. The first-order valence-electron chi connectivity index (χ1n) is 5.62. The molecule has 4 nitrogen and oxygen atoms in total. The van der Waals surface area contributed by atoms with Gasteiger partial charge in [0.25, 0.3) is 0 Å². The number of ether oxygens (including phenoxy) is 1. The molecule has 0 aliphatic carbocycles. The molecule has 0 saturated heterocycles. The molecule has 90 valence electrons. The van der Waals surface area contributed by atoms with Gasteiger partial charge >= 0.3 is 0 Å². The average molecular weight is 223 g/mol. The highest BCUT2D eigenvalue weighted by Crippen LogP contribution is 2.21. The molecule has 0 saturated carbocycles. The van der Waals surface area contributed by atoms with Crippen molar-refractivity contribution in [1.82, 2.24) is 4.98 Å². The van der Waals surface area contributed by atoms with E-state index in [0.717, 1.165) is 24.4 Å². The summed E-state index contributed by atoms with van der Waals surface area (Å²) in [7, 11) is 1.63. The molecule has 16 heavy (non-hydrogen) atoms. The molecule has 1 atom stereocenters. The number of methoxy groups -OCH3 is 1. The third-order valence-corrected chi connectivity index (χ3v) is 2.88. The highest BCUT2D eigenvalue weighted by atomic mass is 16.5. The lowest BCUT2D eigenvalue weighted by Gasteiger charge is -2.29. The number of hydrogen-bond donors (Lipinski definition) is 2. The zero-order valence-electron chi connectivity index (χ0n) is 10.3. The van der Waals surface area contributed by atoms with Crippen molar-refractivity contribution in [3.63, 3.8) is 0 Å². The Balaban J connectivity index is 2.70. The first kappa shape index (κ1) is 12.8. The van der Waals surface area contributed by atoms with Gasteiger partial charge in [-0.05, 0) is 38.4 Å². The molecule has 0 bridgehead atoms. The number of nitrogens with one attached hydrogen (secondary N) is 1. The van der Waals surface area contributed by atoms with E-state index in [-0.39, 0.29) is 5.54 Å². The van der Waals surface area contributed by atoms with Gasteiger partial charge in [-0.1, -0.05) is 6.92 Å². The lowest BCUT2D eigenvalue weighted by Crippen LogP contribution is -2.36. The van der Waals surface area contributed by atoms with Crippen LogP contribution in [0.1, 0.15) is 26.7 Å². The third-order valence-electron chi connectivity index (χ3n) is 2.88. The Hall–Kier alpha value is -1.29. The summed E-state index contributed by atoms with van der Waals surface area (Å²) in [6.07, 6.45) is 3.65. The van der Waals surface area contributed by atoms with E-state index in [0.29, 0.717) is 6.54 Å². The minimum Gasteiger partial charge on any atom is -0.495 e. The summed E-state index contributed by atoms with van der Waals surface area (Å²) < 4.78 is 5.06. The highest BCUT2D eigenvalue weighted by Gasteiger charge is 2.20. The molecule has 1 aromatic rings. The van der Waals surface area contributed by atoms with Gasteiger partial charge in [-0.3, -0.25) is 0 Å². The molecule has 0 aliphatic rings. The van der Waals surface area contributed by atoms with Crippen LogP contribution in [0, 0.1) is 0 Å². The molecule has 1 heterocycles. The van der Waals surface area contributed by atoms with E-state index in [1.54, 1.807) is 13.3 Å². The van der Waals surface area contributed by atoms with Crippen molar-refractivity contribution < 1.29 is 4.74 Å². The fourth-order valence-corrected chi connectivity index (χ4v) is 1.53. The van der Waals surface area contributed by atoms with E-state index in [2.05, 4.69) is 24.1 Å². The van der Waals surface area contributed by atoms with Gasteiger partial charge in [0.1, 0.15) is 11.6 Å². The van der Waals surface area contributed by atoms with Crippen molar-refractivity contribution in [2.75, 3.05) is 19.0 Å². The maximum absolute atomic E-state index is 5.61. The van der Waals surface area contributed by atoms with E-state index in [1.165, 1.54) is 0 Å². The summed E-state index contributed by atoms with van der Waals surface area (Å²) >= 11 is 0. The Morgan fingerprint density at radius 1 is 1.50 bits per heavy atom. The second kappa shape index (κ2) is 5.70. The van der Waals surface area contributed by atoms with Crippen molar-refractivity contribution >= 4 is 5.82 Å². The van der Waals surface area contributed by atoms with Crippen LogP contribution in [0.15, 0.2) is 18.3 Å². The monoisotopic (exact) mass is 223 g/mol. The molecule has 1 aromatic heterocycles. The van der Waals surface area contributed by atoms with Crippen LogP contribution in [0.25, 0.3) is 0 Å². The third kappa shape index (κ3) is 3.38. The van der Waals surface area contributed by atoms with Crippen LogP contribution in [0.3, 0.4) is 0 Å². The smallest absolute Gasteiger partial charge is 0.137 e. The summed E-state index contributed by atoms with van der Waals surface area (Å²) in [5.74, 6) is 1.63. The van der Waals surface area contributed by atoms with Crippen LogP contribution in [0.4, 0.5) is 5.82 Å². The molecular formula is C12H21N3O. The Morgan fingerprint density at radius 2 is 2.25 bits per heavy atom. The molecule has 1 unspecified atom stereocenters. The average Bonchev–Trinajstić information content (AvgIpc) is 2.30. The molecule has 0 aliphatic heterocycles. The van der Waals surface area contributed by atoms with Crippen LogP contribution in [-0.2, 0) is 0 Å². The number of anilines is 1. The highest BCUT2D eigenvalue weighted by molar-refractivity contribution is 5.39. The van der Waals surface area contributed by atoms with E-state index in [4.69, 9.17) is 10.5 Å². The van der Waals surface area contributed by atoms with Crippen LogP contribution in [0.2, 0.25) is 0 Å². The normalized spacial score (nSPS) is 14.2. The molecule has 0 radical (unpaired) electrons. The van der Waals surface area contributed by atoms with Gasteiger partial charge in [-0.2, -0.15) is 0 Å². The van der Waals surface area contributed by atoms with Gasteiger partial charge in [0.05, 0.1) is 13.3 Å². The Bertz CT molecular complexity index is 313. The minimum atomic E-state index is 0.0103. The summed E-state index contributed by atoms with van der Waals surface area (Å²) in [4.78, 5) is 4.29. The number of hydrogen-bond acceptors (Lipinski definition) is 4. The first-order valence-corrected chi connectivity index (χ1v) is 5.62. The fraction of sp³-hybridized carbons (Fsp3) is 0.583. The van der Waals surface area contributed by atoms with Crippen molar-refractivity contribution in [3.8, 4) is 5.75 Å². The van der Waals surface area contributed by atoms with Crippen molar-refractivity contribution in [3.05, 3.63) is 18.3 Å². The summed E-state index contributed by atoms with van der Waals surface area (Å²) in [5, 5.41) is 3.41. The topological polar surface area (TPSA) is 60.2 Å². The number of nitrogens with two attached hydrogens (primary N) is 1. The Morgan fingerprint density at radius 3 is 2.69 bits per heavy atom. The summed E-state index contributed by atoms with van der Waals surface area (Å²) in [6, 6.07) is 3.82. The second-order valence-electron chi connectivity index (χ2n) is 4.16. The molecule has 1 rings (SSSR count). The SMILES string of the molecule is CCC(C)(CCN)Nc1ccc(OC)cn1. The summed E-state index contributed by atoms with van der Waals surface area (Å²) in [6.45, 7) is 4.98. The largest absolute Gasteiger partial charge is 0.495 e. The Labute approximate surface area is 97.2 Å². The molecule has 4 heteroatoms. The zero-order chi connectivity index (χ0) is 12.0. The first-order chi connectivity index (χ1) is 7.63. The number of rotatable bonds is 6. The van der Waals surface area contributed by atoms with Crippen molar-refractivity contribution in [2.24, 2.45) is 5.73 Å². The van der Waals surface area contributed by atoms with E-state index in [1.807, 2.05) is 12.1 Å². The lowest BCUT2D eigenvalue weighted by molar-refractivity contribution is 0.412. The van der Waals surface area contributed by atoms with Gasteiger partial charge in [0.2, 0.25) is 0 Å². The van der Waals surface area contributed by atoms with Crippen LogP contribution in [0.5, 0.6) is 5.75 Å².